The number of hydrogen-bond acceptors (Lipinski definition) is 4. The third kappa shape index (κ3) is 2.80. The van der Waals surface area contributed by atoms with Crippen LogP contribution in [0.2, 0.25) is 5.02 Å². The van der Waals surface area contributed by atoms with E-state index in [0.717, 1.165) is 12.1 Å². The lowest BCUT2D eigenvalue weighted by atomic mass is 9.92. The Hall–Kier alpha value is -1.92. The number of thiazole rings is 1. The van der Waals surface area contributed by atoms with Crippen molar-refractivity contribution in [1.29, 1.82) is 0 Å². The summed E-state index contributed by atoms with van der Waals surface area (Å²) in [5.41, 5.74) is 3.13. The normalized spacial score (nSPS) is 22.2. The fourth-order valence-electron chi connectivity index (χ4n) is 3.43. The van der Waals surface area contributed by atoms with Crippen LogP contribution in [0.3, 0.4) is 0 Å². The average Bonchev–Trinajstić information content (AvgIpc) is 3.19. The number of carbonyl (C=O) groups excluding carboxylic acids is 2. The van der Waals surface area contributed by atoms with Crippen molar-refractivity contribution in [1.82, 2.24) is 14.8 Å². The van der Waals surface area contributed by atoms with Crippen LogP contribution in [0.4, 0.5) is 0 Å². The molecule has 2 aliphatic heterocycles. The molecule has 2 fully saturated rings. The number of rotatable bonds is 3. The molecule has 5 nitrogen and oxygen atoms in total. The SMILES string of the molecule is O=C(Cc1ccc(Cl)cc1)N1C[C@@H]2CN(C(=O)c3cscn3)[C@@H]2C1. The van der Waals surface area contributed by atoms with Gasteiger partial charge >= 0.3 is 0 Å². The molecular formula is C17H16ClN3O2S. The Kier molecular flexibility index (Phi) is 4.02. The van der Waals surface area contributed by atoms with Crippen LogP contribution in [-0.2, 0) is 11.2 Å². The van der Waals surface area contributed by atoms with Crippen molar-refractivity contribution in [3.8, 4) is 0 Å². The second-order valence-electron chi connectivity index (χ2n) is 6.26. The predicted molar refractivity (Wildman–Crippen MR) is 92.2 cm³/mol. The minimum absolute atomic E-state index is 0.0236. The van der Waals surface area contributed by atoms with Crippen LogP contribution >= 0.6 is 22.9 Å². The molecule has 3 heterocycles. The Labute approximate surface area is 148 Å². The number of benzene rings is 1. The number of halogens is 1. The van der Waals surface area contributed by atoms with Gasteiger partial charge in [-0.3, -0.25) is 9.59 Å². The fourth-order valence-corrected chi connectivity index (χ4v) is 4.08. The van der Waals surface area contributed by atoms with Gasteiger partial charge in [0.05, 0.1) is 18.0 Å². The van der Waals surface area contributed by atoms with Crippen LogP contribution in [0.15, 0.2) is 35.2 Å². The van der Waals surface area contributed by atoms with Crippen molar-refractivity contribution in [3.05, 3.63) is 51.4 Å². The molecular weight excluding hydrogens is 346 g/mol. The Balaban J connectivity index is 1.37. The van der Waals surface area contributed by atoms with Gasteiger partial charge in [-0.25, -0.2) is 4.98 Å². The van der Waals surface area contributed by atoms with Gasteiger partial charge in [0.2, 0.25) is 5.91 Å². The second-order valence-corrected chi connectivity index (χ2v) is 7.42. The van der Waals surface area contributed by atoms with Crippen LogP contribution in [0.1, 0.15) is 16.1 Å². The van der Waals surface area contributed by atoms with Gasteiger partial charge in [0, 0.05) is 36.0 Å². The lowest BCUT2D eigenvalue weighted by Gasteiger charge is -2.42. The second kappa shape index (κ2) is 6.18. The zero-order chi connectivity index (χ0) is 16.7. The smallest absolute Gasteiger partial charge is 0.273 e. The van der Waals surface area contributed by atoms with Gasteiger partial charge in [0.1, 0.15) is 5.69 Å². The molecule has 0 unspecified atom stereocenters. The monoisotopic (exact) mass is 361 g/mol. The van der Waals surface area contributed by atoms with Gasteiger partial charge in [-0.1, -0.05) is 23.7 Å². The summed E-state index contributed by atoms with van der Waals surface area (Å²) in [6.45, 7) is 2.07. The fraction of sp³-hybridized carbons (Fsp3) is 0.353. The molecule has 0 bridgehead atoms. The number of amides is 2. The van der Waals surface area contributed by atoms with Crippen LogP contribution in [-0.4, -0.2) is 52.3 Å². The molecule has 24 heavy (non-hydrogen) atoms. The molecule has 0 N–H and O–H groups in total. The molecule has 0 aliphatic carbocycles. The van der Waals surface area contributed by atoms with E-state index in [-0.39, 0.29) is 17.9 Å². The number of carbonyl (C=O) groups is 2. The Morgan fingerprint density at radius 2 is 2.00 bits per heavy atom. The molecule has 4 rings (SSSR count). The molecule has 7 heteroatoms. The summed E-state index contributed by atoms with van der Waals surface area (Å²) in [7, 11) is 0. The Bertz CT molecular complexity index is 763. The predicted octanol–water partition coefficient (Wildman–Crippen LogP) is 2.32. The van der Waals surface area contributed by atoms with Crippen molar-refractivity contribution in [2.24, 2.45) is 5.92 Å². The van der Waals surface area contributed by atoms with E-state index in [4.69, 9.17) is 11.6 Å². The summed E-state index contributed by atoms with van der Waals surface area (Å²) in [6, 6.07) is 7.48. The van der Waals surface area contributed by atoms with Crippen molar-refractivity contribution in [3.63, 3.8) is 0 Å². The van der Waals surface area contributed by atoms with Gasteiger partial charge in [0.15, 0.2) is 0 Å². The summed E-state index contributed by atoms with van der Waals surface area (Å²) in [4.78, 5) is 32.7. The number of hydrogen-bond donors (Lipinski definition) is 0. The molecule has 2 atom stereocenters. The van der Waals surface area contributed by atoms with E-state index in [1.165, 1.54) is 11.3 Å². The molecule has 124 valence electrons. The van der Waals surface area contributed by atoms with Crippen LogP contribution in [0.5, 0.6) is 0 Å². The number of fused-ring (bicyclic) bond motifs is 1. The topological polar surface area (TPSA) is 53.5 Å². The molecule has 2 saturated heterocycles. The first kappa shape index (κ1) is 15.6. The van der Waals surface area contributed by atoms with Crippen molar-refractivity contribution in [2.75, 3.05) is 19.6 Å². The summed E-state index contributed by atoms with van der Waals surface area (Å²) in [5, 5.41) is 2.44. The van der Waals surface area contributed by atoms with E-state index >= 15 is 0 Å². The minimum Gasteiger partial charge on any atom is -0.340 e. The van der Waals surface area contributed by atoms with Gasteiger partial charge < -0.3 is 9.80 Å². The van der Waals surface area contributed by atoms with E-state index in [2.05, 4.69) is 4.98 Å². The van der Waals surface area contributed by atoms with E-state index in [1.807, 2.05) is 21.9 Å². The maximum atomic E-state index is 12.5. The first-order chi connectivity index (χ1) is 11.6. The van der Waals surface area contributed by atoms with E-state index < -0.39 is 0 Å². The number of likely N-dealkylation sites (tertiary alicyclic amines) is 2. The maximum Gasteiger partial charge on any atom is 0.273 e. The number of aromatic nitrogens is 1. The molecule has 0 spiro atoms. The number of nitrogens with zero attached hydrogens (tertiary/aromatic N) is 3. The van der Waals surface area contributed by atoms with Crippen molar-refractivity contribution >= 4 is 34.8 Å². The molecule has 2 amide bonds. The quantitative estimate of drug-likeness (QED) is 0.843. The highest BCUT2D eigenvalue weighted by Crippen LogP contribution is 2.33. The first-order valence-electron chi connectivity index (χ1n) is 7.83. The molecule has 0 saturated carbocycles. The van der Waals surface area contributed by atoms with Crippen molar-refractivity contribution < 1.29 is 9.59 Å². The summed E-state index contributed by atoms with van der Waals surface area (Å²) < 4.78 is 0. The summed E-state index contributed by atoms with van der Waals surface area (Å²) in [6.07, 6.45) is 0.372. The standard InChI is InChI=1S/C17H16ClN3O2S/c18-13-3-1-11(2-4-13)5-16(22)20-6-12-7-21(15(12)8-20)17(23)14-9-24-10-19-14/h1-4,9-10,12,15H,5-8H2/t12-,15-/m1/s1. The molecule has 1 aromatic carbocycles. The van der Waals surface area contributed by atoms with Gasteiger partial charge in [-0.2, -0.15) is 0 Å². The highest BCUT2D eigenvalue weighted by atomic mass is 35.5. The van der Waals surface area contributed by atoms with Gasteiger partial charge in [-0.15, -0.1) is 11.3 Å². The zero-order valence-electron chi connectivity index (χ0n) is 12.9. The summed E-state index contributed by atoms with van der Waals surface area (Å²) >= 11 is 7.29. The van der Waals surface area contributed by atoms with Crippen molar-refractivity contribution in [2.45, 2.75) is 12.5 Å². The van der Waals surface area contributed by atoms with Crippen LogP contribution in [0.25, 0.3) is 0 Å². The lowest BCUT2D eigenvalue weighted by Crippen LogP contribution is -2.58. The minimum atomic E-state index is -0.0236. The third-order valence-corrected chi connectivity index (χ3v) is 5.61. The average molecular weight is 362 g/mol. The molecule has 1 aromatic heterocycles. The highest BCUT2D eigenvalue weighted by Gasteiger charge is 2.49. The van der Waals surface area contributed by atoms with E-state index in [9.17, 15) is 9.59 Å². The van der Waals surface area contributed by atoms with Crippen LogP contribution in [0, 0.1) is 5.92 Å². The summed E-state index contributed by atoms with van der Waals surface area (Å²) in [5.74, 6) is 0.471. The van der Waals surface area contributed by atoms with Crippen LogP contribution < -0.4 is 0 Å². The maximum absolute atomic E-state index is 12.5. The highest BCUT2D eigenvalue weighted by molar-refractivity contribution is 7.07. The zero-order valence-corrected chi connectivity index (χ0v) is 14.5. The van der Waals surface area contributed by atoms with E-state index in [1.54, 1.807) is 23.0 Å². The first-order valence-corrected chi connectivity index (χ1v) is 9.15. The Morgan fingerprint density at radius 3 is 2.71 bits per heavy atom. The Morgan fingerprint density at radius 1 is 1.21 bits per heavy atom. The van der Waals surface area contributed by atoms with E-state index in [0.29, 0.717) is 36.1 Å². The van der Waals surface area contributed by atoms with Gasteiger partial charge in [0.25, 0.3) is 5.91 Å². The lowest BCUT2D eigenvalue weighted by molar-refractivity contribution is -0.129. The largest absolute Gasteiger partial charge is 0.340 e. The molecule has 2 aliphatic rings. The molecule has 2 aromatic rings. The third-order valence-electron chi connectivity index (χ3n) is 4.77. The molecule has 0 radical (unpaired) electrons. The van der Waals surface area contributed by atoms with Gasteiger partial charge in [-0.05, 0) is 17.7 Å².